The minimum absolute atomic E-state index is 0.0898. The summed E-state index contributed by atoms with van der Waals surface area (Å²) in [5, 5.41) is 2.47. The number of amides is 1. The lowest BCUT2D eigenvalue weighted by atomic mass is 10.3. The predicted molar refractivity (Wildman–Crippen MR) is 127 cm³/mol. The van der Waals surface area contributed by atoms with Crippen molar-refractivity contribution in [2.75, 3.05) is 24.3 Å². The van der Waals surface area contributed by atoms with Crippen LogP contribution in [-0.2, 0) is 14.8 Å². The molecule has 1 atom stereocenters. The van der Waals surface area contributed by atoms with E-state index < -0.39 is 10.0 Å². The number of anilines is 2. The lowest BCUT2D eigenvalue weighted by Crippen LogP contribution is -2.22. The predicted octanol–water partition coefficient (Wildman–Crippen LogP) is 4.62. The van der Waals surface area contributed by atoms with Gasteiger partial charge in [-0.05, 0) is 79.7 Å². The molecule has 1 amide bonds. The molecule has 3 rings (SSSR count). The Bertz CT molecular complexity index is 1150. The van der Waals surface area contributed by atoms with Gasteiger partial charge < -0.3 is 14.8 Å². The van der Waals surface area contributed by atoms with Crippen molar-refractivity contribution < 1.29 is 22.7 Å². The molecule has 32 heavy (non-hydrogen) atoms. The van der Waals surface area contributed by atoms with E-state index in [1.807, 2.05) is 31.2 Å². The van der Waals surface area contributed by atoms with Gasteiger partial charge >= 0.3 is 0 Å². The van der Waals surface area contributed by atoms with Crippen LogP contribution in [0.5, 0.6) is 11.5 Å². The molecule has 0 saturated carbocycles. The summed E-state index contributed by atoms with van der Waals surface area (Å²) in [7, 11) is -0.618. The number of carbonyl (C=O) groups excluding carboxylic acids is 1. The van der Waals surface area contributed by atoms with Gasteiger partial charge in [0.15, 0.2) is 0 Å². The van der Waals surface area contributed by atoms with E-state index >= 15 is 0 Å². The molecule has 7 nitrogen and oxygen atoms in total. The number of rotatable bonds is 9. The molecule has 3 aromatic rings. The summed E-state index contributed by atoms with van der Waals surface area (Å²) in [4.78, 5) is 13.6. The zero-order valence-corrected chi connectivity index (χ0v) is 19.5. The second kappa shape index (κ2) is 10.4. The Morgan fingerprint density at radius 3 is 1.84 bits per heavy atom. The molecule has 2 N–H and O–H groups in total. The van der Waals surface area contributed by atoms with Gasteiger partial charge in [0.05, 0.1) is 24.4 Å². The molecule has 0 spiro atoms. The molecule has 168 valence electrons. The van der Waals surface area contributed by atoms with Gasteiger partial charge in [-0.15, -0.1) is 11.8 Å². The maximum Gasteiger partial charge on any atom is 0.261 e. The third kappa shape index (κ3) is 6.18. The molecule has 0 bridgehead atoms. The monoisotopic (exact) mass is 472 g/mol. The Morgan fingerprint density at radius 2 is 1.31 bits per heavy atom. The lowest BCUT2D eigenvalue weighted by molar-refractivity contribution is -0.115. The van der Waals surface area contributed by atoms with Crippen molar-refractivity contribution in [3.8, 4) is 11.5 Å². The molecule has 0 aliphatic rings. The van der Waals surface area contributed by atoms with E-state index in [9.17, 15) is 13.2 Å². The van der Waals surface area contributed by atoms with E-state index in [1.165, 1.54) is 31.0 Å². The molecule has 0 aromatic heterocycles. The van der Waals surface area contributed by atoms with Crippen LogP contribution in [0.1, 0.15) is 6.92 Å². The molecular formula is C23H24N2O5S2. The smallest absolute Gasteiger partial charge is 0.261 e. The highest BCUT2D eigenvalue weighted by atomic mass is 32.2. The SMILES string of the molecule is COc1ccc(NS(=O)(=O)c2ccc(NC(=O)C(C)Sc3ccc(OC)cc3)cc2)cc1. The number of thioether (sulfide) groups is 1. The van der Waals surface area contributed by atoms with Crippen molar-refractivity contribution in [1.29, 1.82) is 0 Å². The fraction of sp³-hybridized carbons (Fsp3) is 0.174. The van der Waals surface area contributed by atoms with Crippen LogP contribution in [0.15, 0.2) is 82.6 Å². The first kappa shape index (κ1) is 23.5. The van der Waals surface area contributed by atoms with Crippen LogP contribution in [0, 0.1) is 0 Å². The summed E-state index contributed by atoms with van der Waals surface area (Å²) >= 11 is 1.42. The summed E-state index contributed by atoms with van der Waals surface area (Å²) in [6, 6.07) is 20.1. The highest BCUT2D eigenvalue weighted by Crippen LogP contribution is 2.26. The molecule has 1 unspecified atom stereocenters. The molecule has 0 radical (unpaired) electrons. The first-order chi connectivity index (χ1) is 15.3. The number of nitrogens with one attached hydrogen (secondary N) is 2. The highest BCUT2D eigenvalue weighted by Gasteiger charge is 2.17. The van der Waals surface area contributed by atoms with Gasteiger partial charge in [0.25, 0.3) is 10.0 Å². The van der Waals surface area contributed by atoms with Gasteiger partial charge in [-0.25, -0.2) is 8.42 Å². The number of benzene rings is 3. The number of carbonyl (C=O) groups is 1. The third-order valence-electron chi connectivity index (χ3n) is 4.52. The van der Waals surface area contributed by atoms with Gasteiger partial charge in [-0.1, -0.05) is 0 Å². The van der Waals surface area contributed by atoms with Crippen LogP contribution >= 0.6 is 11.8 Å². The van der Waals surface area contributed by atoms with Crippen molar-refractivity contribution in [3.05, 3.63) is 72.8 Å². The second-order valence-electron chi connectivity index (χ2n) is 6.78. The number of methoxy groups -OCH3 is 2. The van der Waals surface area contributed by atoms with Crippen molar-refractivity contribution in [3.63, 3.8) is 0 Å². The zero-order chi connectivity index (χ0) is 23.1. The van der Waals surface area contributed by atoms with Crippen LogP contribution in [0.25, 0.3) is 0 Å². The fourth-order valence-corrected chi connectivity index (χ4v) is 4.67. The molecular weight excluding hydrogens is 448 g/mol. The third-order valence-corrected chi connectivity index (χ3v) is 7.03. The van der Waals surface area contributed by atoms with Gasteiger partial charge in [-0.2, -0.15) is 0 Å². The zero-order valence-electron chi connectivity index (χ0n) is 17.9. The average Bonchev–Trinajstić information content (AvgIpc) is 2.80. The van der Waals surface area contributed by atoms with Crippen LogP contribution in [0.3, 0.4) is 0 Å². The fourth-order valence-electron chi connectivity index (χ4n) is 2.75. The summed E-state index contributed by atoms with van der Waals surface area (Å²) in [5.41, 5.74) is 0.938. The minimum atomic E-state index is -3.76. The molecule has 0 saturated heterocycles. The topological polar surface area (TPSA) is 93.7 Å². The largest absolute Gasteiger partial charge is 0.497 e. The average molecular weight is 473 g/mol. The van der Waals surface area contributed by atoms with Crippen LogP contribution in [-0.4, -0.2) is 33.8 Å². The summed E-state index contributed by atoms with van der Waals surface area (Å²) in [6.45, 7) is 1.81. The number of ether oxygens (including phenoxy) is 2. The van der Waals surface area contributed by atoms with Crippen LogP contribution < -0.4 is 19.5 Å². The van der Waals surface area contributed by atoms with E-state index in [2.05, 4.69) is 10.0 Å². The first-order valence-corrected chi connectivity index (χ1v) is 12.1. The normalized spacial score (nSPS) is 12.0. The Labute approximate surface area is 192 Å². The van der Waals surface area contributed by atoms with Crippen LogP contribution in [0.4, 0.5) is 11.4 Å². The van der Waals surface area contributed by atoms with E-state index in [0.29, 0.717) is 17.1 Å². The standard InChI is InChI=1S/C23H24N2O5S2/c1-16(31-21-12-10-20(30-3)11-13-21)23(26)24-17-6-14-22(15-7-17)32(27,28)25-18-4-8-19(29-2)9-5-18/h4-16,25H,1-3H3,(H,24,26). The Kier molecular flexibility index (Phi) is 7.66. The number of hydrogen-bond acceptors (Lipinski definition) is 6. The molecule has 0 aliphatic carbocycles. The van der Waals surface area contributed by atoms with Gasteiger partial charge in [0.2, 0.25) is 5.91 Å². The van der Waals surface area contributed by atoms with Gasteiger partial charge in [-0.3, -0.25) is 9.52 Å². The van der Waals surface area contributed by atoms with Crippen molar-refractivity contribution in [1.82, 2.24) is 0 Å². The maximum absolute atomic E-state index is 12.6. The summed E-state index contributed by atoms with van der Waals surface area (Å²) in [5.74, 6) is 1.20. The van der Waals surface area contributed by atoms with Crippen LogP contribution in [0.2, 0.25) is 0 Å². The molecule has 3 aromatic carbocycles. The van der Waals surface area contributed by atoms with Crippen molar-refractivity contribution in [2.24, 2.45) is 0 Å². The van der Waals surface area contributed by atoms with E-state index in [-0.39, 0.29) is 16.1 Å². The van der Waals surface area contributed by atoms with Gasteiger partial charge in [0, 0.05) is 16.3 Å². The quantitative estimate of drug-likeness (QED) is 0.441. The minimum Gasteiger partial charge on any atom is -0.497 e. The Hall–Kier alpha value is -3.17. The maximum atomic E-state index is 12.6. The Morgan fingerprint density at radius 1 is 0.812 bits per heavy atom. The second-order valence-corrected chi connectivity index (χ2v) is 9.88. The molecule has 9 heteroatoms. The number of sulfonamides is 1. The summed E-state index contributed by atoms with van der Waals surface area (Å²) < 4.78 is 37.9. The molecule has 0 aliphatic heterocycles. The summed E-state index contributed by atoms with van der Waals surface area (Å²) in [6.07, 6.45) is 0. The van der Waals surface area contributed by atoms with E-state index in [0.717, 1.165) is 10.6 Å². The first-order valence-electron chi connectivity index (χ1n) is 9.69. The Balaban J connectivity index is 1.60. The molecule has 0 heterocycles. The van der Waals surface area contributed by atoms with E-state index in [4.69, 9.17) is 9.47 Å². The van der Waals surface area contributed by atoms with E-state index in [1.54, 1.807) is 43.5 Å². The lowest BCUT2D eigenvalue weighted by Gasteiger charge is -2.13. The molecule has 0 fully saturated rings. The van der Waals surface area contributed by atoms with Gasteiger partial charge in [0.1, 0.15) is 11.5 Å². The van der Waals surface area contributed by atoms with Crippen molar-refractivity contribution in [2.45, 2.75) is 22.0 Å². The number of hydrogen-bond donors (Lipinski definition) is 2. The highest BCUT2D eigenvalue weighted by molar-refractivity contribution is 8.00. The van der Waals surface area contributed by atoms with Crippen molar-refractivity contribution >= 4 is 39.1 Å².